The molecule has 2 atom stereocenters. The van der Waals surface area contributed by atoms with Gasteiger partial charge in [0.05, 0.1) is 22.5 Å². The Hall–Kier alpha value is -1.17. The molecule has 1 aliphatic heterocycles. The number of aryl methyl sites for hydroxylation is 1. The predicted molar refractivity (Wildman–Crippen MR) is 77.1 cm³/mol. The van der Waals surface area contributed by atoms with E-state index in [1.165, 1.54) is 6.08 Å². The number of aliphatic hydroxyl groups is 1. The first kappa shape index (κ1) is 15.2. The lowest BCUT2D eigenvalue weighted by atomic mass is 10.1. The van der Waals surface area contributed by atoms with Crippen LogP contribution >= 0.6 is 0 Å². The van der Waals surface area contributed by atoms with Gasteiger partial charge in [-0.2, -0.15) is 0 Å². The van der Waals surface area contributed by atoms with Crippen LogP contribution in [0.2, 0.25) is 0 Å². The molecule has 0 aromatic heterocycles. The van der Waals surface area contributed by atoms with E-state index in [-0.39, 0.29) is 9.80 Å². The van der Waals surface area contributed by atoms with Gasteiger partial charge in [-0.3, -0.25) is 0 Å². The second kappa shape index (κ2) is 5.31. The van der Waals surface area contributed by atoms with Crippen LogP contribution in [0, 0.1) is 6.92 Å². The molecule has 4 nitrogen and oxygen atoms in total. The van der Waals surface area contributed by atoms with E-state index in [4.69, 9.17) is 4.74 Å². The molecule has 0 aliphatic carbocycles. The minimum absolute atomic E-state index is 0.0313. The summed E-state index contributed by atoms with van der Waals surface area (Å²) < 4.78 is 30.6. The molecule has 0 bridgehead atoms. The Labute approximate surface area is 120 Å². The molecule has 20 heavy (non-hydrogen) atoms. The van der Waals surface area contributed by atoms with Crippen molar-refractivity contribution in [2.45, 2.75) is 43.8 Å². The van der Waals surface area contributed by atoms with E-state index in [9.17, 15) is 13.5 Å². The number of hydrogen-bond donors (Lipinski definition) is 1. The monoisotopic (exact) mass is 296 g/mol. The lowest BCUT2D eigenvalue weighted by molar-refractivity contribution is 0.212. The zero-order chi connectivity index (χ0) is 15.0. The van der Waals surface area contributed by atoms with Crippen LogP contribution in [0.15, 0.2) is 40.1 Å². The summed E-state index contributed by atoms with van der Waals surface area (Å²) in [4.78, 5) is 0.231. The number of aliphatic hydroxyl groups excluding tert-OH is 1. The molecule has 110 valence electrons. The number of epoxide rings is 1. The van der Waals surface area contributed by atoms with E-state index in [1.54, 1.807) is 38.1 Å². The van der Waals surface area contributed by atoms with E-state index in [1.807, 2.05) is 6.92 Å². The number of ether oxygens (including phenoxy) is 1. The third-order valence-electron chi connectivity index (χ3n) is 3.40. The molecule has 2 rings (SSSR count). The van der Waals surface area contributed by atoms with Crippen molar-refractivity contribution in [1.29, 1.82) is 0 Å². The highest BCUT2D eigenvalue weighted by molar-refractivity contribution is 7.95. The van der Waals surface area contributed by atoms with Crippen molar-refractivity contribution >= 4 is 9.84 Å². The Kier molecular flexibility index (Phi) is 4.04. The van der Waals surface area contributed by atoms with Gasteiger partial charge in [0.15, 0.2) is 0 Å². The summed E-state index contributed by atoms with van der Waals surface area (Å²) in [6.45, 7) is 5.93. The first-order chi connectivity index (χ1) is 9.28. The van der Waals surface area contributed by atoms with E-state index in [2.05, 4.69) is 0 Å². The molecule has 5 heteroatoms. The van der Waals surface area contributed by atoms with Crippen LogP contribution in [0.5, 0.6) is 0 Å². The maximum absolute atomic E-state index is 12.7. The van der Waals surface area contributed by atoms with Crippen molar-refractivity contribution in [1.82, 2.24) is 0 Å². The van der Waals surface area contributed by atoms with Crippen molar-refractivity contribution in [2.75, 3.05) is 6.61 Å². The van der Waals surface area contributed by atoms with Gasteiger partial charge in [0.25, 0.3) is 0 Å². The van der Waals surface area contributed by atoms with Crippen LogP contribution < -0.4 is 0 Å². The molecule has 0 saturated carbocycles. The van der Waals surface area contributed by atoms with Gasteiger partial charge in [-0.05, 0) is 38.5 Å². The Morgan fingerprint density at radius 1 is 1.45 bits per heavy atom. The number of hydrogen-bond acceptors (Lipinski definition) is 4. The van der Waals surface area contributed by atoms with Gasteiger partial charge < -0.3 is 9.84 Å². The SMILES string of the molecule is CC[C@H](O)/C(=C\C1(C)CO1)S(=O)(=O)c1ccc(C)cc1. The molecular formula is C15H20O4S. The fraction of sp³-hybridized carbons (Fsp3) is 0.467. The quantitative estimate of drug-likeness (QED) is 0.846. The van der Waals surface area contributed by atoms with E-state index in [0.717, 1.165) is 5.56 Å². The standard InChI is InChI=1S/C15H20O4S/c1-4-13(16)14(9-15(3)10-19-15)20(17,18)12-7-5-11(2)6-8-12/h5-9,13,16H,4,10H2,1-3H3/b14-9+/t13-,15?/m0/s1. The summed E-state index contributed by atoms with van der Waals surface area (Å²) in [5.74, 6) is 0. The highest BCUT2D eigenvalue weighted by Gasteiger charge is 2.40. The molecule has 0 spiro atoms. The van der Waals surface area contributed by atoms with Crippen molar-refractivity contribution in [3.8, 4) is 0 Å². The van der Waals surface area contributed by atoms with E-state index >= 15 is 0 Å². The van der Waals surface area contributed by atoms with Crippen LogP contribution in [0.1, 0.15) is 25.8 Å². The van der Waals surface area contributed by atoms with Gasteiger partial charge in [-0.15, -0.1) is 0 Å². The average Bonchev–Trinajstić information content (AvgIpc) is 3.14. The first-order valence-corrected chi connectivity index (χ1v) is 8.13. The second-order valence-electron chi connectivity index (χ2n) is 5.39. The van der Waals surface area contributed by atoms with E-state index in [0.29, 0.717) is 13.0 Å². The minimum atomic E-state index is -3.69. The molecule has 1 N–H and O–H groups in total. The molecule has 1 heterocycles. The van der Waals surface area contributed by atoms with Gasteiger partial charge >= 0.3 is 0 Å². The maximum atomic E-state index is 12.7. The van der Waals surface area contributed by atoms with Crippen molar-refractivity contribution in [3.63, 3.8) is 0 Å². The Balaban J connectivity index is 2.47. The van der Waals surface area contributed by atoms with Gasteiger partial charge in [-0.1, -0.05) is 24.6 Å². The second-order valence-corrected chi connectivity index (χ2v) is 7.34. The Morgan fingerprint density at radius 2 is 2.00 bits per heavy atom. The molecule has 1 saturated heterocycles. The van der Waals surface area contributed by atoms with Crippen LogP contribution in [-0.2, 0) is 14.6 Å². The molecule has 1 unspecified atom stereocenters. The van der Waals surface area contributed by atoms with Crippen LogP contribution in [-0.4, -0.2) is 31.8 Å². The average molecular weight is 296 g/mol. The smallest absolute Gasteiger partial charge is 0.205 e. The fourth-order valence-electron chi connectivity index (χ4n) is 1.91. The molecule has 0 radical (unpaired) electrons. The Morgan fingerprint density at radius 3 is 2.45 bits per heavy atom. The summed E-state index contributed by atoms with van der Waals surface area (Å²) >= 11 is 0. The van der Waals surface area contributed by atoms with Crippen molar-refractivity contribution in [2.24, 2.45) is 0 Å². The number of benzene rings is 1. The third kappa shape index (κ3) is 3.11. The number of rotatable bonds is 5. The summed E-state index contributed by atoms with van der Waals surface area (Å²) in [6.07, 6.45) is 0.867. The van der Waals surface area contributed by atoms with Gasteiger partial charge in [0.1, 0.15) is 5.60 Å². The van der Waals surface area contributed by atoms with Crippen LogP contribution in [0.25, 0.3) is 0 Å². The summed E-state index contributed by atoms with van der Waals surface area (Å²) in [5, 5.41) is 10.1. The van der Waals surface area contributed by atoms with Crippen LogP contribution in [0.4, 0.5) is 0 Å². The summed E-state index contributed by atoms with van der Waals surface area (Å²) in [6, 6.07) is 6.63. The lowest BCUT2D eigenvalue weighted by Gasteiger charge is -2.15. The zero-order valence-electron chi connectivity index (χ0n) is 12.0. The topological polar surface area (TPSA) is 66.9 Å². The van der Waals surface area contributed by atoms with Gasteiger partial charge in [0.2, 0.25) is 9.84 Å². The normalized spacial score (nSPS) is 24.5. The molecule has 0 amide bonds. The maximum Gasteiger partial charge on any atom is 0.205 e. The largest absolute Gasteiger partial charge is 0.388 e. The highest BCUT2D eigenvalue weighted by Crippen LogP contribution is 2.33. The molecule has 1 aromatic carbocycles. The first-order valence-electron chi connectivity index (χ1n) is 6.65. The van der Waals surface area contributed by atoms with Gasteiger partial charge in [-0.25, -0.2) is 8.42 Å². The molecule has 1 fully saturated rings. The van der Waals surface area contributed by atoms with Crippen LogP contribution in [0.3, 0.4) is 0 Å². The summed E-state index contributed by atoms with van der Waals surface area (Å²) in [5.41, 5.74) is 0.423. The zero-order valence-corrected chi connectivity index (χ0v) is 12.8. The summed E-state index contributed by atoms with van der Waals surface area (Å²) in [7, 11) is -3.69. The molecule has 1 aliphatic rings. The van der Waals surface area contributed by atoms with E-state index < -0.39 is 21.5 Å². The fourth-order valence-corrected chi connectivity index (χ4v) is 3.60. The van der Waals surface area contributed by atoms with Crippen molar-refractivity contribution in [3.05, 3.63) is 40.8 Å². The third-order valence-corrected chi connectivity index (χ3v) is 5.31. The Bertz CT molecular complexity index is 610. The molecule has 1 aromatic rings. The molecular weight excluding hydrogens is 276 g/mol. The lowest BCUT2D eigenvalue weighted by Crippen LogP contribution is -2.20. The predicted octanol–water partition coefficient (Wildman–Crippen LogP) is 2.21. The number of sulfone groups is 1. The minimum Gasteiger partial charge on any atom is -0.388 e. The van der Waals surface area contributed by atoms with Gasteiger partial charge in [0, 0.05) is 0 Å². The van der Waals surface area contributed by atoms with Crippen molar-refractivity contribution < 1.29 is 18.3 Å². The highest BCUT2D eigenvalue weighted by atomic mass is 32.2.